The van der Waals surface area contributed by atoms with Crippen LogP contribution in [0.2, 0.25) is 0 Å². The van der Waals surface area contributed by atoms with Gasteiger partial charge in [-0.1, -0.05) is 6.92 Å². The number of hydrogen-bond donors (Lipinski definition) is 4. The smallest absolute Gasteiger partial charge is 0.353 e. The van der Waals surface area contributed by atoms with Gasteiger partial charge in [-0.25, -0.2) is 4.79 Å². The Kier molecular flexibility index (Phi) is 4.72. The number of hydrogen-bond acceptors (Lipinski definition) is 6. The summed E-state index contributed by atoms with van der Waals surface area (Å²) in [6, 6.07) is -0.0242. The molecule has 4 aliphatic rings. The van der Waals surface area contributed by atoms with Gasteiger partial charge in [0.2, 0.25) is 11.8 Å². The van der Waals surface area contributed by atoms with E-state index in [1.807, 2.05) is 6.92 Å². The first-order chi connectivity index (χ1) is 12.8. The summed E-state index contributed by atoms with van der Waals surface area (Å²) in [7, 11) is 0. The number of thioether (sulfide) groups is 1. The second-order valence-electron chi connectivity index (χ2n) is 8.03. The monoisotopic (exact) mass is 395 g/mol. The molecule has 4 rings (SSSR count). The lowest BCUT2D eigenvalue weighted by Crippen LogP contribution is -2.63. The molecule has 0 aromatic heterocycles. The molecule has 2 amide bonds. The number of aliphatic carboxylic acids is 1. The number of carbonyl (C=O) groups excluding carboxylic acids is 2. The maximum absolute atomic E-state index is 12.4. The second-order valence-corrected chi connectivity index (χ2v) is 9.37. The van der Waals surface area contributed by atoms with Crippen molar-refractivity contribution in [1.29, 1.82) is 0 Å². The average Bonchev–Trinajstić information content (AvgIpc) is 3.27. The fraction of sp³-hybridized carbons (Fsp3) is 0.722. The van der Waals surface area contributed by atoms with Crippen molar-refractivity contribution in [3.63, 3.8) is 0 Å². The zero-order chi connectivity index (χ0) is 19.5. The Morgan fingerprint density at radius 1 is 1.33 bits per heavy atom. The van der Waals surface area contributed by atoms with E-state index in [2.05, 4.69) is 10.6 Å². The second kappa shape index (κ2) is 6.79. The molecule has 148 valence electrons. The van der Waals surface area contributed by atoms with Crippen molar-refractivity contribution >= 4 is 29.5 Å². The van der Waals surface area contributed by atoms with Crippen LogP contribution in [0.5, 0.6) is 0 Å². The minimum Gasteiger partial charge on any atom is -0.477 e. The van der Waals surface area contributed by atoms with E-state index in [-0.39, 0.29) is 46.7 Å². The molecule has 4 N–H and O–H groups in total. The van der Waals surface area contributed by atoms with Crippen LogP contribution in [0.15, 0.2) is 10.6 Å². The molecule has 27 heavy (non-hydrogen) atoms. The van der Waals surface area contributed by atoms with Crippen LogP contribution in [-0.4, -0.2) is 69.4 Å². The van der Waals surface area contributed by atoms with Crippen molar-refractivity contribution in [3.05, 3.63) is 10.6 Å². The fourth-order valence-electron chi connectivity index (χ4n) is 4.95. The van der Waals surface area contributed by atoms with Crippen LogP contribution < -0.4 is 10.6 Å². The largest absolute Gasteiger partial charge is 0.477 e. The van der Waals surface area contributed by atoms with Gasteiger partial charge in [0.25, 0.3) is 0 Å². The average molecular weight is 395 g/mol. The number of aliphatic hydroxyl groups is 1. The van der Waals surface area contributed by atoms with Crippen LogP contribution in [-0.2, 0) is 14.4 Å². The molecule has 0 aromatic carbocycles. The minimum atomic E-state index is -1.09. The topological polar surface area (TPSA) is 119 Å². The molecule has 0 bridgehead atoms. The zero-order valence-corrected chi connectivity index (χ0v) is 16.2. The summed E-state index contributed by atoms with van der Waals surface area (Å²) in [6.45, 7) is 4.97. The molecule has 0 saturated carbocycles. The third-order valence-corrected chi connectivity index (χ3v) is 7.82. The number of carboxylic acid groups (broad SMARTS) is 1. The van der Waals surface area contributed by atoms with Gasteiger partial charge in [0.1, 0.15) is 5.70 Å². The number of carbonyl (C=O) groups is 3. The van der Waals surface area contributed by atoms with Crippen LogP contribution in [0.1, 0.15) is 26.7 Å². The van der Waals surface area contributed by atoms with Gasteiger partial charge >= 0.3 is 5.97 Å². The molecule has 0 spiro atoms. The molecule has 3 fully saturated rings. The lowest BCUT2D eigenvalue weighted by Gasteiger charge is -2.46. The molecule has 4 aliphatic heterocycles. The number of aliphatic hydroxyl groups excluding tert-OH is 1. The molecule has 7 atom stereocenters. The maximum atomic E-state index is 12.4. The number of nitrogens with one attached hydrogen (secondary N) is 2. The quantitative estimate of drug-likeness (QED) is 0.474. The molecule has 4 heterocycles. The van der Waals surface area contributed by atoms with E-state index in [0.29, 0.717) is 13.0 Å². The first kappa shape index (κ1) is 18.8. The van der Waals surface area contributed by atoms with Crippen LogP contribution in [0.25, 0.3) is 0 Å². The van der Waals surface area contributed by atoms with Gasteiger partial charge in [-0.2, -0.15) is 0 Å². The number of fused-ring (bicyclic) bond motifs is 1. The van der Waals surface area contributed by atoms with Crippen molar-refractivity contribution in [2.24, 2.45) is 17.8 Å². The third-order valence-electron chi connectivity index (χ3n) is 6.31. The van der Waals surface area contributed by atoms with Crippen molar-refractivity contribution in [2.45, 2.75) is 50.1 Å². The normalized spacial score (nSPS) is 39.4. The molecular weight excluding hydrogens is 370 g/mol. The summed E-state index contributed by atoms with van der Waals surface area (Å²) in [5.74, 6) is -1.65. The predicted molar refractivity (Wildman–Crippen MR) is 98.5 cm³/mol. The number of β-lactam (4-membered cyclic amide) rings is 1. The summed E-state index contributed by atoms with van der Waals surface area (Å²) in [6.07, 6.45) is 0.617. The van der Waals surface area contributed by atoms with E-state index in [9.17, 15) is 24.6 Å². The molecule has 1 unspecified atom stereocenters. The number of amides is 2. The first-order valence-corrected chi connectivity index (χ1v) is 10.3. The van der Waals surface area contributed by atoms with Crippen LogP contribution in [0.4, 0.5) is 0 Å². The molecular formula is C18H25N3O5S. The Labute approximate surface area is 161 Å². The fourth-order valence-corrected chi connectivity index (χ4v) is 6.45. The molecule has 9 heteroatoms. The van der Waals surface area contributed by atoms with Crippen LogP contribution >= 0.6 is 11.8 Å². The van der Waals surface area contributed by atoms with Gasteiger partial charge < -0.3 is 25.7 Å². The van der Waals surface area contributed by atoms with Gasteiger partial charge in [0.15, 0.2) is 0 Å². The molecule has 0 aromatic rings. The predicted octanol–water partition coefficient (Wildman–Crippen LogP) is -0.260. The summed E-state index contributed by atoms with van der Waals surface area (Å²) >= 11 is 1.54. The van der Waals surface area contributed by atoms with E-state index in [1.54, 1.807) is 18.7 Å². The highest BCUT2D eigenvalue weighted by molar-refractivity contribution is 8.03. The summed E-state index contributed by atoms with van der Waals surface area (Å²) < 4.78 is 0. The first-order valence-electron chi connectivity index (χ1n) is 9.45. The van der Waals surface area contributed by atoms with Crippen LogP contribution in [0, 0.1) is 17.8 Å². The van der Waals surface area contributed by atoms with E-state index in [0.717, 1.165) is 17.9 Å². The Hall–Kier alpha value is -1.58. The van der Waals surface area contributed by atoms with E-state index in [4.69, 9.17) is 0 Å². The van der Waals surface area contributed by atoms with Crippen molar-refractivity contribution in [3.8, 4) is 0 Å². The maximum Gasteiger partial charge on any atom is 0.353 e. The molecule has 0 aliphatic carbocycles. The van der Waals surface area contributed by atoms with Gasteiger partial charge in [0.05, 0.1) is 18.1 Å². The minimum absolute atomic E-state index is 0.0839. The summed E-state index contributed by atoms with van der Waals surface area (Å²) in [5, 5.41) is 26.2. The highest BCUT2D eigenvalue weighted by Gasteiger charge is 2.60. The number of carboxylic acids is 1. The number of nitrogens with zero attached hydrogens (tertiary/aromatic N) is 1. The summed E-state index contributed by atoms with van der Waals surface area (Å²) in [5.41, 5.74) is 0.0839. The van der Waals surface area contributed by atoms with Gasteiger partial charge in [-0.3, -0.25) is 9.59 Å². The van der Waals surface area contributed by atoms with Gasteiger partial charge in [0, 0.05) is 47.5 Å². The van der Waals surface area contributed by atoms with Crippen LogP contribution in [0.3, 0.4) is 0 Å². The van der Waals surface area contributed by atoms with Crippen molar-refractivity contribution < 1.29 is 24.6 Å². The standard InChI is InChI=1S/C18H25N3O5S/c1-7-14-13(8(2)22)17(24)21(14)15(18(25)26)16(7)27-10-4-11(19-6-10)9-3-12(23)20-5-9/h7-11,13-14,19,22H,3-6H2,1-2H3,(H,20,23)(H,25,26)/t7-,8-,9?,10+,11+,13-,14-/m1/s1. The Morgan fingerprint density at radius 3 is 2.67 bits per heavy atom. The van der Waals surface area contributed by atoms with Crippen molar-refractivity contribution in [2.75, 3.05) is 13.1 Å². The summed E-state index contributed by atoms with van der Waals surface area (Å²) in [4.78, 5) is 37.8. The molecule has 0 radical (unpaired) electrons. The molecule has 8 nitrogen and oxygen atoms in total. The molecule has 3 saturated heterocycles. The zero-order valence-electron chi connectivity index (χ0n) is 15.3. The lowest BCUT2D eigenvalue weighted by molar-refractivity contribution is -0.163. The number of rotatable bonds is 5. The van der Waals surface area contributed by atoms with Crippen molar-refractivity contribution in [1.82, 2.24) is 15.5 Å². The van der Waals surface area contributed by atoms with E-state index in [1.165, 1.54) is 4.90 Å². The van der Waals surface area contributed by atoms with E-state index < -0.39 is 18.0 Å². The highest BCUT2D eigenvalue weighted by Crippen LogP contribution is 2.52. The van der Waals surface area contributed by atoms with Gasteiger partial charge in [-0.15, -0.1) is 11.8 Å². The Morgan fingerprint density at radius 2 is 2.07 bits per heavy atom. The van der Waals surface area contributed by atoms with E-state index >= 15 is 0 Å². The van der Waals surface area contributed by atoms with Gasteiger partial charge in [-0.05, 0) is 13.3 Å². The Balaban J connectivity index is 1.49. The SMILES string of the molecule is C[C@@H](O)[C@H]1C(=O)N2C(C(=O)O)=C(S[C@@H]3CN[C@H](C4CNC(=O)C4)C3)[C@H](C)[C@H]12. The third kappa shape index (κ3) is 2.96. The lowest BCUT2D eigenvalue weighted by atomic mass is 9.79. The Bertz CT molecular complexity index is 724. The highest BCUT2D eigenvalue weighted by atomic mass is 32.2.